The largest absolute Gasteiger partial charge is 0.467 e. The summed E-state index contributed by atoms with van der Waals surface area (Å²) in [5, 5.41) is 1.40. The van der Waals surface area contributed by atoms with Crippen molar-refractivity contribution in [3.63, 3.8) is 0 Å². The number of aryl methyl sites for hydroxylation is 1. The number of nitrogens with zero attached hydrogens (tertiary/aromatic N) is 7. The van der Waals surface area contributed by atoms with E-state index in [0.29, 0.717) is 58.6 Å². The van der Waals surface area contributed by atoms with Crippen molar-refractivity contribution in [1.82, 2.24) is 29.8 Å². The SMILES string of the molecule is C#Cc1c(F)ccc2cccc(-c3ncc4c(N(C)C5CCN(C(=O)/C=C/c6ccnc(C)n6)C5)nc(OC)nc4c3F)c12. The monoisotopic (exact) mass is 591 g/mol. The van der Waals surface area contributed by atoms with Gasteiger partial charge >= 0.3 is 6.01 Å². The zero-order valence-electron chi connectivity index (χ0n) is 24.3. The highest BCUT2D eigenvalue weighted by Gasteiger charge is 2.31. The van der Waals surface area contributed by atoms with Gasteiger partial charge in [0.1, 0.15) is 28.7 Å². The van der Waals surface area contributed by atoms with E-state index in [0.717, 1.165) is 0 Å². The van der Waals surface area contributed by atoms with Gasteiger partial charge in [0.2, 0.25) is 5.91 Å². The predicted octanol–water partition coefficient (Wildman–Crippen LogP) is 4.96. The number of hydrogen-bond acceptors (Lipinski definition) is 8. The summed E-state index contributed by atoms with van der Waals surface area (Å²) < 4.78 is 36.3. The van der Waals surface area contributed by atoms with E-state index in [4.69, 9.17) is 11.2 Å². The highest BCUT2D eigenvalue weighted by molar-refractivity contribution is 6.02. The smallest absolute Gasteiger partial charge is 0.318 e. The van der Waals surface area contributed by atoms with Crippen molar-refractivity contribution in [2.45, 2.75) is 19.4 Å². The minimum absolute atomic E-state index is 0.00614. The first-order valence-electron chi connectivity index (χ1n) is 13.9. The fourth-order valence-corrected chi connectivity index (χ4v) is 5.52. The number of likely N-dealkylation sites (tertiary alicyclic amines) is 1. The molecule has 11 heteroatoms. The first-order chi connectivity index (χ1) is 21.3. The molecule has 5 aromatic rings. The minimum atomic E-state index is -0.717. The number of benzene rings is 2. The van der Waals surface area contributed by atoms with Gasteiger partial charge in [-0.2, -0.15) is 9.97 Å². The average Bonchev–Trinajstić information content (AvgIpc) is 3.54. The van der Waals surface area contributed by atoms with E-state index >= 15 is 4.39 Å². The standard InChI is InChI=1S/C33H27F2N7O2/c1-5-23-26(34)11-9-20-7-6-8-24(28(20)23)30-29(35)31-25(17-37-30)32(40-33(39-31)44-4)41(3)22-14-16-42(18-22)27(43)12-10-21-13-15-36-19(2)38-21/h1,6-13,15,17,22H,14,16,18H2,2-4H3/b12-10+. The molecule has 1 atom stereocenters. The molecule has 3 aromatic heterocycles. The summed E-state index contributed by atoms with van der Waals surface area (Å²) in [6, 6.07) is 9.63. The van der Waals surface area contributed by atoms with E-state index in [1.54, 1.807) is 54.4 Å². The fourth-order valence-electron chi connectivity index (χ4n) is 5.52. The second kappa shape index (κ2) is 11.6. The molecular formula is C33H27F2N7O2. The molecule has 1 saturated heterocycles. The van der Waals surface area contributed by atoms with E-state index < -0.39 is 11.6 Å². The molecule has 4 heterocycles. The molecule has 44 heavy (non-hydrogen) atoms. The molecule has 0 spiro atoms. The molecule has 1 fully saturated rings. The van der Waals surface area contributed by atoms with Crippen LogP contribution in [0.2, 0.25) is 0 Å². The van der Waals surface area contributed by atoms with Gasteiger partial charge < -0.3 is 14.5 Å². The Morgan fingerprint density at radius 2 is 2.00 bits per heavy atom. The fraction of sp³-hybridized carbons (Fsp3) is 0.212. The number of amides is 1. The van der Waals surface area contributed by atoms with Crippen molar-refractivity contribution < 1.29 is 18.3 Å². The van der Waals surface area contributed by atoms with Crippen molar-refractivity contribution in [2.75, 3.05) is 32.1 Å². The van der Waals surface area contributed by atoms with Gasteiger partial charge in [0.25, 0.3) is 0 Å². The Morgan fingerprint density at radius 1 is 1.16 bits per heavy atom. The summed E-state index contributed by atoms with van der Waals surface area (Å²) in [7, 11) is 3.23. The first kappa shape index (κ1) is 28.6. The van der Waals surface area contributed by atoms with Gasteiger partial charge in [0, 0.05) is 55.6 Å². The maximum atomic E-state index is 16.3. The molecule has 0 N–H and O–H groups in total. The van der Waals surface area contributed by atoms with Crippen molar-refractivity contribution in [3.05, 3.63) is 83.6 Å². The van der Waals surface area contributed by atoms with Crippen LogP contribution in [0.15, 0.2) is 54.9 Å². The topological polar surface area (TPSA) is 97.2 Å². The van der Waals surface area contributed by atoms with E-state index in [1.165, 1.54) is 25.4 Å². The number of anilines is 1. The van der Waals surface area contributed by atoms with Crippen LogP contribution >= 0.6 is 0 Å². The van der Waals surface area contributed by atoms with Gasteiger partial charge in [0.15, 0.2) is 5.82 Å². The van der Waals surface area contributed by atoms with Crippen molar-refractivity contribution in [1.29, 1.82) is 0 Å². The van der Waals surface area contributed by atoms with Gasteiger partial charge in [-0.25, -0.2) is 18.7 Å². The molecule has 1 unspecified atom stereocenters. The van der Waals surface area contributed by atoms with E-state index in [9.17, 15) is 9.18 Å². The van der Waals surface area contributed by atoms with Crippen LogP contribution in [0, 0.1) is 30.9 Å². The van der Waals surface area contributed by atoms with Crippen LogP contribution in [-0.4, -0.2) is 69.0 Å². The molecule has 1 aliphatic rings. The number of pyridine rings is 1. The third-order valence-corrected chi connectivity index (χ3v) is 7.77. The summed E-state index contributed by atoms with van der Waals surface area (Å²) in [4.78, 5) is 38.2. The van der Waals surface area contributed by atoms with E-state index in [-0.39, 0.29) is 34.7 Å². The molecular weight excluding hydrogens is 564 g/mol. The van der Waals surface area contributed by atoms with Crippen LogP contribution in [0.4, 0.5) is 14.6 Å². The Balaban J connectivity index is 1.34. The molecule has 0 aliphatic carbocycles. The van der Waals surface area contributed by atoms with Crippen LogP contribution < -0.4 is 9.64 Å². The van der Waals surface area contributed by atoms with Gasteiger partial charge in [-0.15, -0.1) is 6.42 Å². The maximum Gasteiger partial charge on any atom is 0.318 e. The summed E-state index contributed by atoms with van der Waals surface area (Å²) in [5.41, 5.74) is 0.993. The molecule has 0 saturated carbocycles. The Labute approximate surface area is 252 Å². The second-order valence-electron chi connectivity index (χ2n) is 10.4. The molecule has 9 nitrogen and oxygen atoms in total. The number of terminal acetylenes is 1. The highest BCUT2D eigenvalue weighted by atomic mass is 19.1. The predicted molar refractivity (Wildman–Crippen MR) is 164 cm³/mol. The lowest BCUT2D eigenvalue weighted by molar-refractivity contribution is -0.124. The number of carbonyl (C=O) groups is 1. The van der Waals surface area contributed by atoms with Crippen molar-refractivity contribution in [3.8, 4) is 29.6 Å². The zero-order chi connectivity index (χ0) is 31.0. The van der Waals surface area contributed by atoms with Crippen LogP contribution in [0.3, 0.4) is 0 Å². The Morgan fingerprint density at radius 3 is 2.77 bits per heavy atom. The lowest BCUT2D eigenvalue weighted by Crippen LogP contribution is -2.36. The first-order valence-corrected chi connectivity index (χ1v) is 13.9. The summed E-state index contributed by atoms with van der Waals surface area (Å²) in [5.74, 6) is 1.99. The number of ether oxygens (including phenoxy) is 1. The third-order valence-electron chi connectivity index (χ3n) is 7.77. The molecule has 220 valence electrons. The van der Waals surface area contributed by atoms with Crippen LogP contribution in [0.5, 0.6) is 6.01 Å². The van der Waals surface area contributed by atoms with Crippen LogP contribution in [-0.2, 0) is 4.79 Å². The summed E-state index contributed by atoms with van der Waals surface area (Å²) in [6.07, 6.45) is 12.6. The Bertz CT molecular complexity index is 2010. The number of likely N-dealkylation sites (N-methyl/N-ethyl adjacent to an activating group) is 1. The summed E-state index contributed by atoms with van der Waals surface area (Å²) in [6.45, 7) is 2.75. The average molecular weight is 592 g/mol. The molecule has 0 bridgehead atoms. The number of rotatable bonds is 6. The molecule has 0 radical (unpaired) electrons. The highest BCUT2D eigenvalue weighted by Crippen LogP contribution is 2.37. The quantitative estimate of drug-likeness (QED) is 0.202. The van der Waals surface area contributed by atoms with Gasteiger partial charge in [-0.3, -0.25) is 9.78 Å². The van der Waals surface area contributed by atoms with Crippen molar-refractivity contribution >= 4 is 39.5 Å². The maximum absolute atomic E-state index is 16.3. The lowest BCUT2D eigenvalue weighted by atomic mass is 9.96. The van der Waals surface area contributed by atoms with E-state index in [2.05, 4.69) is 30.8 Å². The van der Waals surface area contributed by atoms with Crippen LogP contribution in [0.1, 0.15) is 23.5 Å². The number of halogens is 2. The second-order valence-corrected chi connectivity index (χ2v) is 10.4. The number of fused-ring (bicyclic) bond motifs is 2. The Kier molecular flexibility index (Phi) is 7.57. The third kappa shape index (κ3) is 5.15. The Hall–Kier alpha value is -5.50. The van der Waals surface area contributed by atoms with Gasteiger partial charge in [-0.05, 0) is 36.9 Å². The van der Waals surface area contributed by atoms with Crippen LogP contribution in [0.25, 0.3) is 39.0 Å². The summed E-state index contributed by atoms with van der Waals surface area (Å²) >= 11 is 0. The van der Waals surface area contributed by atoms with Gasteiger partial charge in [-0.1, -0.05) is 30.2 Å². The number of methoxy groups -OCH3 is 1. The number of aromatic nitrogens is 5. The molecule has 1 amide bonds. The lowest BCUT2D eigenvalue weighted by Gasteiger charge is -2.27. The molecule has 1 aliphatic heterocycles. The normalized spacial score (nSPS) is 14.8. The van der Waals surface area contributed by atoms with Crippen molar-refractivity contribution in [2.24, 2.45) is 0 Å². The zero-order valence-corrected chi connectivity index (χ0v) is 24.3. The van der Waals surface area contributed by atoms with E-state index in [1.807, 2.05) is 11.9 Å². The molecule has 2 aromatic carbocycles. The number of carbonyl (C=O) groups excluding carboxylic acids is 1. The number of hydrogen-bond donors (Lipinski definition) is 0. The minimum Gasteiger partial charge on any atom is -0.467 e. The van der Waals surface area contributed by atoms with Gasteiger partial charge in [0.05, 0.1) is 23.8 Å². The molecule has 6 rings (SSSR count).